The van der Waals surface area contributed by atoms with Crippen LogP contribution in [-0.2, 0) is 17.8 Å². The van der Waals surface area contributed by atoms with Gasteiger partial charge in [0.25, 0.3) is 0 Å². The van der Waals surface area contributed by atoms with Crippen LogP contribution >= 0.6 is 0 Å². The second-order valence-electron chi connectivity index (χ2n) is 8.24. The Kier molecular flexibility index (Phi) is 7.05. The molecule has 4 rings (SSSR count). The third-order valence-electron chi connectivity index (χ3n) is 5.76. The molecule has 33 heavy (non-hydrogen) atoms. The number of aliphatic hydroxyl groups is 1. The second kappa shape index (κ2) is 10.3. The molecule has 6 heteroatoms. The zero-order valence-corrected chi connectivity index (χ0v) is 18.8. The van der Waals surface area contributed by atoms with Gasteiger partial charge in [0, 0.05) is 0 Å². The number of hydrogen-bond donors (Lipinski definition) is 2. The number of fused-ring (bicyclic) bond motifs is 1. The molecule has 4 aromatic rings. The lowest BCUT2D eigenvalue weighted by atomic mass is 10.0. The number of aliphatic hydroxyl groups excluding tert-OH is 1. The van der Waals surface area contributed by atoms with Gasteiger partial charge in [-0.25, -0.2) is 9.78 Å². The summed E-state index contributed by atoms with van der Waals surface area (Å²) in [6, 6.07) is 22.6. The van der Waals surface area contributed by atoms with Crippen molar-refractivity contribution in [2.75, 3.05) is 0 Å². The van der Waals surface area contributed by atoms with Gasteiger partial charge in [0.15, 0.2) is 11.7 Å². The molecule has 0 aliphatic heterocycles. The molecule has 1 heterocycles. The van der Waals surface area contributed by atoms with Crippen molar-refractivity contribution in [2.45, 2.75) is 45.4 Å². The fourth-order valence-electron chi connectivity index (χ4n) is 3.69. The number of aryl methyl sites for hydroxylation is 3. The molecule has 2 N–H and O–H groups in total. The highest BCUT2D eigenvalue weighted by Gasteiger charge is 2.28. The van der Waals surface area contributed by atoms with E-state index in [1.165, 1.54) is 0 Å². The van der Waals surface area contributed by atoms with Crippen LogP contribution in [0.15, 0.2) is 77.2 Å². The highest BCUT2D eigenvalue weighted by Crippen LogP contribution is 2.26. The number of ether oxygens (including phenoxy) is 1. The molecule has 0 bridgehead atoms. The lowest BCUT2D eigenvalue weighted by Crippen LogP contribution is -2.40. The summed E-state index contributed by atoms with van der Waals surface area (Å²) < 4.78 is 11.2. The van der Waals surface area contributed by atoms with E-state index in [0.717, 1.165) is 22.3 Å². The summed E-state index contributed by atoms with van der Waals surface area (Å²) in [5.74, 6) is 0.177. The summed E-state index contributed by atoms with van der Waals surface area (Å²) in [6.45, 7) is 4.16. The van der Waals surface area contributed by atoms with E-state index in [9.17, 15) is 9.90 Å². The molecule has 170 valence electrons. The van der Waals surface area contributed by atoms with Crippen LogP contribution in [0, 0.1) is 13.8 Å². The Balaban J connectivity index is 1.50. The Morgan fingerprint density at radius 2 is 1.64 bits per heavy atom. The van der Waals surface area contributed by atoms with Crippen LogP contribution in [0.2, 0.25) is 0 Å². The van der Waals surface area contributed by atoms with Crippen LogP contribution < -0.4 is 5.32 Å². The minimum Gasteiger partial charge on any atom is -0.445 e. The number of alkyl carbamates (subject to hydrolysis) is 1. The van der Waals surface area contributed by atoms with Crippen molar-refractivity contribution in [3.05, 3.63) is 101 Å². The lowest BCUT2D eigenvalue weighted by Gasteiger charge is -2.22. The van der Waals surface area contributed by atoms with Crippen LogP contribution in [0.1, 0.15) is 40.7 Å². The van der Waals surface area contributed by atoms with Crippen LogP contribution in [0.4, 0.5) is 4.79 Å². The number of oxazole rings is 1. The predicted octanol–water partition coefficient (Wildman–Crippen LogP) is 5.41. The summed E-state index contributed by atoms with van der Waals surface area (Å²) in [6.07, 6.45) is -0.563. The van der Waals surface area contributed by atoms with Gasteiger partial charge in [0.1, 0.15) is 12.1 Å². The Morgan fingerprint density at radius 3 is 2.33 bits per heavy atom. The fraction of sp³-hybridized carbons (Fsp3) is 0.259. The average Bonchev–Trinajstić information content (AvgIpc) is 3.24. The number of benzene rings is 3. The number of nitrogens with zero attached hydrogens (tertiary/aromatic N) is 1. The molecular formula is C27H28N2O4. The maximum absolute atomic E-state index is 12.5. The van der Waals surface area contributed by atoms with Gasteiger partial charge in [-0.1, -0.05) is 60.7 Å². The first-order chi connectivity index (χ1) is 16.0. The van der Waals surface area contributed by atoms with Crippen molar-refractivity contribution in [1.82, 2.24) is 10.3 Å². The minimum atomic E-state index is -1.12. The number of carbonyl (C=O) groups excluding carboxylic acids is 1. The van der Waals surface area contributed by atoms with Crippen LogP contribution in [0.5, 0.6) is 0 Å². The summed E-state index contributed by atoms with van der Waals surface area (Å²) >= 11 is 0. The molecule has 0 saturated heterocycles. The normalized spacial score (nSPS) is 12.9. The van der Waals surface area contributed by atoms with Gasteiger partial charge in [-0.05, 0) is 61.1 Å². The summed E-state index contributed by atoms with van der Waals surface area (Å²) in [5.41, 5.74) is 5.47. The van der Waals surface area contributed by atoms with Crippen LogP contribution in [-0.4, -0.2) is 22.2 Å². The zero-order valence-electron chi connectivity index (χ0n) is 18.8. The van der Waals surface area contributed by atoms with E-state index in [4.69, 9.17) is 9.15 Å². The molecule has 0 radical (unpaired) electrons. The van der Waals surface area contributed by atoms with Gasteiger partial charge < -0.3 is 19.6 Å². The number of hydrogen-bond acceptors (Lipinski definition) is 5. The quantitative estimate of drug-likeness (QED) is 0.380. The third-order valence-corrected chi connectivity index (χ3v) is 5.76. The fourth-order valence-corrected chi connectivity index (χ4v) is 3.69. The molecule has 1 aromatic heterocycles. The molecule has 0 saturated carbocycles. The molecule has 3 aromatic carbocycles. The van der Waals surface area contributed by atoms with Crippen molar-refractivity contribution in [2.24, 2.45) is 0 Å². The van der Waals surface area contributed by atoms with E-state index in [1.54, 1.807) is 0 Å². The van der Waals surface area contributed by atoms with E-state index in [-0.39, 0.29) is 12.5 Å². The number of carbonyl (C=O) groups is 1. The highest BCUT2D eigenvalue weighted by atomic mass is 16.5. The van der Waals surface area contributed by atoms with Crippen LogP contribution in [0.3, 0.4) is 0 Å². The van der Waals surface area contributed by atoms with E-state index < -0.39 is 18.2 Å². The summed E-state index contributed by atoms with van der Waals surface area (Å²) in [4.78, 5) is 17.0. The van der Waals surface area contributed by atoms with E-state index in [1.807, 2.05) is 86.6 Å². The van der Waals surface area contributed by atoms with Gasteiger partial charge in [-0.2, -0.15) is 0 Å². The first-order valence-corrected chi connectivity index (χ1v) is 11.1. The third kappa shape index (κ3) is 5.79. The predicted molar refractivity (Wildman–Crippen MR) is 127 cm³/mol. The van der Waals surface area contributed by atoms with Crippen molar-refractivity contribution >= 4 is 17.2 Å². The highest BCUT2D eigenvalue weighted by molar-refractivity contribution is 5.75. The molecule has 0 aliphatic carbocycles. The summed E-state index contributed by atoms with van der Waals surface area (Å²) in [5, 5.41) is 13.9. The standard InChI is InChI=1S/C27H28N2O4/c1-18-15-23-24(16-19(18)2)33-26(28-23)25(30)22(14-13-20-9-5-3-6-10-20)29-27(31)32-17-21-11-7-4-8-12-21/h3-12,15-16,22,25,30H,13-14,17H2,1-2H3,(H,29,31)/t22-,25?/m1/s1. The first-order valence-electron chi connectivity index (χ1n) is 11.1. The molecule has 0 aliphatic rings. The molecule has 1 amide bonds. The smallest absolute Gasteiger partial charge is 0.407 e. The average molecular weight is 445 g/mol. The van der Waals surface area contributed by atoms with Crippen LogP contribution in [0.25, 0.3) is 11.1 Å². The minimum absolute atomic E-state index is 0.148. The zero-order chi connectivity index (χ0) is 23.2. The van der Waals surface area contributed by atoms with Gasteiger partial charge in [-0.3, -0.25) is 0 Å². The molecular weight excluding hydrogens is 416 g/mol. The van der Waals surface area contributed by atoms with E-state index in [2.05, 4.69) is 10.3 Å². The largest absolute Gasteiger partial charge is 0.445 e. The number of amides is 1. The van der Waals surface area contributed by atoms with Gasteiger partial charge >= 0.3 is 6.09 Å². The Hall–Kier alpha value is -3.64. The van der Waals surface area contributed by atoms with Gasteiger partial charge in [-0.15, -0.1) is 0 Å². The number of nitrogens with one attached hydrogen (secondary N) is 1. The van der Waals surface area contributed by atoms with Gasteiger partial charge in [0.2, 0.25) is 5.89 Å². The molecule has 0 spiro atoms. The summed E-state index contributed by atoms with van der Waals surface area (Å²) in [7, 11) is 0. The first kappa shape index (κ1) is 22.6. The Morgan fingerprint density at radius 1 is 1.00 bits per heavy atom. The van der Waals surface area contributed by atoms with E-state index in [0.29, 0.717) is 23.9 Å². The monoisotopic (exact) mass is 444 g/mol. The van der Waals surface area contributed by atoms with Crippen molar-refractivity contribution in [3.8, 4) is 0 Å². The molecule has 1 unspecified atom stereocenters. The molecule has 0 fully saturated rings. The molecule has 2 atom stereocenters. The maximum Gasteiger partial charge on any atom is 0.407 e. The number of rotatable bonds is 8. The van der Waals surface area contributed by atoms with E-state index >= 15 is 0 Å². The lowest BCUT2D eigenvalue weighted by molar-refractivity contribution is 0.0833. The Labute approximate surface area is 193 Å². The van der Waals surface area contributed by atoms with Gasteiger partial charge in [0.05, 0.1) is 6.04 Å². The van der Waals surface area contributed by atoms with Crippen molar-refractivity contribution < 1.29 is 19.1 Å². The van der Waals surface area contributed by atoms with Crippen molar-refractivity contribution in [3.63, 3.8) is 0 Å². The van der Waals surface area contributed by atoms with Crippen molar-refractivity contribution in [1.29, 1.82) is 0 Å². The maximum atomic E-state index is 12.5. The second-order valence-corrected chi connectivity index (χ2v) is 8.24. The Bertz CT molecular complexity index is 1170. The topological polar surface area (TPSA) is 84.6 Å². The molecule has 6 nitrogen and oxygen atoms in total. The SMILES string of the molecule is Cc1cc2nc(C(O)[C@@H](CCc3ccccc3)NC(=O)OCc3ccccc3)oc2cc1C. The number of aromatic nitrogens is 1.